The van der Waals surface area contributed by atoms with Crippen LogP contribution in [0.4, 0.5) is 0 Å². The van der Waals surface area contributed by atoms with Crippen LogP contribution in [0, 0.1) is 11.3 Å². The number of thioether (sulfide) groups is 1. The number of nitrogens with one attached hydrogen (secondary N) is 15. The third-order valence-corrected chi connectivity index (χ3v) is 23.9. The van der Waals surface area contributed by atoms with Crippen LogP contribution in [0.25, 0.3) is 21.8 Å². The molecule has 8 rings (SSSR count). The lowest BCUT2D eigenvalue weighted by molar-refractivity contribution is -0.149. The zero-order valence-corrected chi connectivity index (χ0v) is 75.9. The summed E-state index contributed by atoms with van der Waals surface area (Å²) in [5.74, 6) is -17.2. The van der Waals surface area contributed by atoms with Crippen molar-refractivity contribution in [2.45, 2.75) is 216 Å². The molecule has 43 nitrogen and oxygen atoms in total. The number of rotatable bonds is 26. The number of benzene rings is 2. The van der Waals surface area contributed by atoms with Gasteiger partial charge in [0.1, 0.15) is 84.3 Å². The first-order valence-corrected chi connectivity index (χ1v) is 44.8. The van der Waals surface area contributed by atoms with E-state index in [1.165, 1.54) is 66.0 Å². The van der Waals surface area contributed by atoms with E-state index in [2.05, 4.69) is 78.4 Å². The van der Waals surface area contributed by atoms with Crippen molar-refractivity contribution in [1.29, 1.82) is 5.41 Å². The molecular weight excluding hydrogens is 1720 g/mol. The van der Waals surface area contributed by atoms with Crippen LogP contribution in [0.2, 0.25) is 0 Å². The van der Waals surface area contributed by atoms with Gasteiger partial charge in [0.2, 0.25) is 100 Å². The van der Waals surface area contributed by atoms with Gasteiger partial charge in [-0.1, -0.05) is 89.8 Å². The first kappa shape index (κ1) is 103. The molecule has 0 aliphatic carbocycles. The molecule has 17 amide bonds. The summed E-state index contributed by atoms with van der Waals surface area (Å²) in [6.45, 7) is 5.87. The zero-order chi connectivity index (χ0) is 95.9. The molecule has 0 spiro atoms. The summed E-state index contributed by atoms with van der Waals surface area (Å²) in [6.07, 6.45) is 7.10. The number of aromatic nitrogens is 4. The van der Waals surface area contributed by atoms with Crippen molar-refractivity contribution < 1.29 is 91.0 Å². The number of likely N-dealkylation sites (N-methyl/N-ethyl adjacent to an activating group) is 4. The third-order valence-electron chi connectivity index (χ3n) is 22.8. The molecule has 2 aromatic carbocycles. The van der Waals surface area contributed by atoms with Gasteiger partial charge in [-0.25, -0.2) is 4.98 Å². The number of H-pyrrole nitrogens is 3. The number of para-hydroxylation sites is 2. The zero-order valence-electron chi connectivity index (χ0n) is 75.1. The topological polar surface area (TPSA) is 634 Å². The maximum atomic E-state index is 15.7. The van der Waals surface area contributed by atoms with Crippen LogP contribution >= 0.6 is 11.8 Å². The average Bonchev–Trinajstić information content (AvgIpc) is 1.77. The summed E-state index contributed by atoms with van der Waals surface area (Å²) in [7, 11) is 5.21. The Balaban J connectivity index is 1.18. The largest absolute Gasteiger partial charge is 0.469 e. The molecule has 2 aliphatic rings. The minimum Gasteiger partial charge on any atom is -0.469 e. The van der Waals surface area contributed by atoms with E-state index in [-0.39, 0.29) is 95.4 Å². The lowest BCUT2D eigenvalue weighted by Gasteiger charge is -2.36. The number of aliphatic hydroxyl groups is 1. The molecule has 0 radical (unpaired) electrons. The monoisotopic (exact) mass is 1840 g/mol. The molecule has 13 atom stereocenters. The minimum absolute atomic E-state index is 0.00287. The summed E-state index contributed by atoms with van der Waals surface area (Å²) >= 11 is 0.773. The smallest absolute Gasteiger partial charge is 0.246 e. The summed E-state index contributed by atoms with van der Waals surface area (Å²) in [5.41, 5.74) is 19.4. The second-order valence-corrected chi connectivity index (χ2v) is 34.3. The number of aromatic amines is 3. The Labute approximate surface area is 761 Å². The van der Waals surface area contributed by atoms with Crippen molar-refractivity contribution in [2.75, 3.05) is 72.5 Å². The Morgan fingerprint density at radius 3 is 1.72 bits per heavy atom. The van der Waals surface area contributed by atoms with Crippen LogP contribution in [0.5, 0.6) is 0 Å². The van der Waals surface area contributed by atoms with E-state index in [0.29, 0.717) is 64.3 Å². The number of furan rings is 1. The Kier molecular flexibility index (Phi) is 39.3. The number of guanidine groups is 1. The molecule has 2 aliphatic heterocycles. The summed E-state index contributed by atoms with van der Waals surface area (Å²) in [5, 5.41) is 49.2. The number of unbranched alkanes of at least 4 members (excludes halogenated alkanes) is 2. The second kappa shape index (κ2) is 49.9. The van der Waals surface area contributed by atoms with Crippen molar-refractivity contribution in [1.82, 2.24) is 103 Å². The van der Waals surface area contributed by atoms with Crippen LogP contribution in [-0.4, -0.2) is 307 Å². The van der Waals surface area contributed by atoms with Crippen LogP contribution in [0.15, 0.2) is 96.3 Å². The van der Waals surface area contributed by atoms with Crippen molar-refractivity contribution >= 4 is 140 Å². The van der Waals surface area contributed by atoms with E-state index in [9.17, 15) is 62.6 Å². The average molecular weight is 1840 g/mol. The Morgan fingerprint density at radius 2 is 1.12 bits per heavy atom. The highest BCUT2D eigenvalue weighted by molar-refractivity contribution is 8.00. The number of fused-ring (bicyclic) bond motifs is 3. The fourth-order valence-electron chi connectivity index (χ4n) is 15.6. The molecular formula is C87H124N24O19S. The number of carbonyl (C=O) groups excluding carboxylic acids is 17. The van der Waals surface area contributed by atoms with Gasteiger partial charge < -0.3 is 125 Å². The molecule has 0 saturated carbocycles. The van der Waals surface area contributed by atoms with Gasteiger partial charge in [-0.2, -0.15) is 0 Å². The number of carbonyl (C=O) groups is 17. The molecule has 0 unspecified atom stereocenters. The van der Waals surface area contributed by atoms with Gasteiger partial charge in [0.25, 0.3) is 0 Å². The Morgan fingerprint density at radius 1 is 0.565 bits per heavy atom. The number of primary amides is 2. The lowest BCUT2D eigenvalue weighted by atomic mass is 10.00. The minimum atomic E-state index is -1.85. The fourth-order valence-corrected chi connectivity index (χ4v) is 16.4. The maximum absolute atomic E-state index is 15.7. The van der Waals surface area contributed by atoms with Gasteiger partial charge in [0, 0.05) is 119 Å². The summed E-state index contributed by atoms with van der Waals surface area (Å²) in [4.78, 5) is 266. The van der Waals surface area contributed by atoms with Gasteiger partial charge in [0.05, 0.1) is 44.5 Å². The molecule has 4 aromatic heterocycles. The SMILES string of the molecule is CCCC[C@H]1C(=O)N(C)[C@@H](CCCC)C(=O)N[C@@H](CCCNC(=N)N)C(=O)N[C@H](C(=O)NCC(N)=O)CSCC(=O)N[C@@H](Cc2ccco2)C(=O)N(C)[C@@H](C)C(=O)N[C@@H](CC(N)=O)C(=O)N2CCC[C@H]2C(=O)N[C@@H](Cc2cnc[nH]2)C(=O)N[C@@H](CC(C)C)C(=O)N(C)CC(=O)N[C@@H](Cc2c[nH]c3ccccc23)C(=O)N[C@@H](CO)C(=O)N[C@@H](Cc2c[nH]c3ccccc23)C(=O)N1C. The number of imidazole rings is 1. The van der Waals surface area contributed by atoms with Gasteiger partial charge in [-0.15, -0.1) is 11.8 Å². The Hall–Kier alpha value is -13.4. The molecule has 0 bridgehead atoms. The molecule has 6 heterocycles. The van der Waals surface area contributed by atoms with E-state index >= 15 is 24.0 Å². The van der Waals surface area contributed by atoms with Crippen LogP contribution in [0.1, 0.15) is 134 Å². The third kappa shape index (κ3) is 29.8. The number of nitrogens with zero attached hydrogens (tertiary/aromatic N) is 6. The van der Waals surface area contributed by atoms with E-state index in [1.807, 2.05) is 13.8 Å². The highest BCUT2D eigenvalue weighted by atomic mass is 32.2. The molecule has 131 heavy (non-hydrogen) atoms. The highest BCUT2D eigenvalue weighted by Crippen LogP contribution is 2.26. The second-order valence-electron chi connectivity index (χ2n) is 33.2. The van der Waals surface area contributed by atoms with Crippen molar-refractivity contribution in [3.63, 3.8) is 0 Å². The summed E-state index contributed by atoms with van der Waals surface area (Å²) in [6, 6.07) is -2.67. The van der Waals surface area contributed by atoms with Crippen LogP contribution < -0.4 is 75.7 Å². The number of amides is 17. The standard InChI is InChI=1S/C87H124N24O19S/c1-10-12-27-67-80(123)100-58(26-18-30-93-87(90)91)76(119)106-66(75(118)96-42-71(89)114)45-131-46-73(116)99-63(37-53-21-20-32-130-53)83(126)108(7)49(5)74(117)102-64(38-70(88)113)85(128)111-31-19-29-68(111)81(124)101-60(36-52-41-92-47-97-52)78(121)103-61(33-48(3)4)82(125)107(6)43-72(115)98-59(34-50-39-94-56-24-16-14-22-54(50)56)77(120)105-65(44-112)79(122)104-62(35-51-40-95-57-25-17-15-23-55(51)57)84(127)110(9)69(28-13-11-2)86(129)109(67)8/h14-17,20-25,32,39-41,47-49,58-69,94-95,112H,10-13,18-19,26-31,33-38,42-46H2,1-9H3,(H2,88,113)(H2,89,114)(H,92,97)(H,96,118)(H,98,115)(H,99,116)(H,100,123)(H,101,124)(H,102,117)(H,103,121)(H,104,122)(H,105,120)(H,106,119)(H4,90,91,93)/t49-,58-,59-,60-,61-,62-,63-,64-,65-,66-,67-,68-,69-/m0/s1. The first-order valence-electron chi connectivity index (χ1n) is 43.7. The fraction of sp³-hybridized carbons (Fsp3) is 0.529. The number of hydrogen-bond acceptors (Lipinski definition) is 22. The van der Waals surface area contributed by atoms with Gasteiger partial charge in [-0.3, -0.25) is 86.9 Å². The van der Waals surface area contributed by atoms with Crippen LogP contribution in [0.3, 0.4) is 0 Å². The highest BCUT2D eigenvalue weighted by Gasteiger charge is 2.44. The van der Waals surface area contributed by atoms with E-state index in [1.54, 1.807) is 74.8 Å². The van der Waals surface area contributed by atoms with Crippen molar-refractivity contribution in [3.05, 3.63) is 114 Å². The van der Waals surface area contributed by atoms with Crippen molar-refractivity contribution in [2.24, 2.45) is 23.1 Å². The maximum Gasteiger partial charge on any atom is 0.246 e. The van der Waals surface area contributed by atoms with Gasteiger partial charge in [-0.05, 0) is 93.2 Å². The summed E-state index contributed by atoms with van der Waals surface area (Å²) < 4.78 is 5.56. The number of nitrogens with two attached hydrogens (primary N) is 3. The van der Waals surface area contributed by atoms with Crippen LogP contribution in [-0.2, 0) is 107 Å². The number of aliphatic hydroxyl groups excluding tert-OH is 1. The number of hydrogen-bond donors (Lipinski definition) is 19. The van der Waals surface area contributed by atoms with E-state index in [0.717, 1.165) is 36.3 Å². The molecule has 2 fully saturated rings. The van der Waals surface area contributed by atoms with Gasteiger partial charge in [0.15, 0.2) is 5.96 Å². The van der Waals surface area contributed by atoms with E-state index < -0.39 is 223 Å². The molecule has 6 aromatic rings. The first-order chi connectivity index (χ1) is 62.4. The molecule has 712 valence electrons. The Bertz CT molecular complexity index is 5000. The molecule has 44 heteroatoms. The van der Waals surface area contributed by atoms with Crippen molar-refractivity contribution in [3.8, 4) is 0 Å². The predicted octanol–water partition coefficient (Wildman–Crippen LogP) is -2.54. The normalized spacial score (nSPS) is 23.6. The molecule has 2 saturated heterocycles. The van der Waals surface area contributed by atoms with Gasteiger partial charge >= 0.3 is 0 Å². The molecule has 22 N–H and O–H groups in total. The van der Waals surface area contributed by atoms with E-state index in [4.69, 9.17) is 27.0 Å². The predicted molar refractivity (Wildman–Crippen MR) is 482 cm³/mol. The lowest BCUT2D eigenvalue weighted by Crippen LogP contribution is -2.61. The quantitative estimate of drug-likeness (QED) is 0.0151.